The third-order valence-corrected chi connectivity index (χ3v) is 5.41. The van der Waals surface area contributed by atoms with E-state index in [0.29, 0.717) is 23.2 Å². The van der Waals surface area contributed by atoms with Gasteiger partial charge in [0.05, 0.1) is 10.6 Å². The number of carbonyl (C=O) groups is 1. The highest BCUT2D eigenvalue weighted by Gasteiger charge is 2.17. The first-order valence-corrected chi connectivity index (χ1v) is 9.73. The summed E-state index contributed by atoms with van der Waals surface area (Å²) in [7, 11) is -3.70. The maximum atomic E-state index is 12.6. The average Bonchev–Trinajstić information content (AvgIpc) is 2.53. The quantitative estimate of drug-likeness (QED) is 0.790. The van der Waals surface area contributed by atoms with Gasteiger partial charge in [0.15, 0.2) is 0 Å². The van der Waals surface area contributed by atoms with Gasteiger partial charge in [-0.1, -0.05) is 40.2 Å². The monoisotopic (exact) mass is 410 g/mol. The Hall–Kier alpha value is -1.86. The number of rotatable bonds is 6. The lowest BCUT2D eigenvalue weighted by atomic mass is 10.1. The van der Waals surface area contributed by atoms with Gasteiger partial charge in [-0.05, 0) is 36.8 Å². The van der Waals surface area contributed by atoms with E-state index in [4.69, 9.17) is 0 Å². The Morgan fingerprint density at radius 1 is 1.17 bits per heavy atom. The Morgan fingerprint density at radius 3 is 2.50 bits per heavy atom. The molecule has 2 aromatic rings. The van der Waals surface area contributed by atoms with E-state index in [1.165, 1.54) is 13.0 Å². The zero-order valence-corrected chi connectivity index (χ0v) is 15.9. The zero-order valence-electron chi connectivity index (χ0n) is 13.5. The molecule has 1 amide bonds. The molecule has 0 saturated heterocycles. The van der Waals surface area contributed by atoms with E-state index in [2.05, 4.69) is 20.7 Å². The van der Waals surface area contributed by atoms with Crippen LogP contribution in [0, 0.1) is 0 Å². The largest absolute Gasteiger partial charge is 0.339 e. The first-order valence-electron chi connectivity index (χ1n) is 7.45. The van der Waals surface area contributed by atoms with Gasteiger partial charge in [-0.3, -0.25) is 9.52 Å². The third-order valence-electron chi connectivity index (χ3n) is 3.56. The van der Waals surface area contributed by atoms with E-state index in [0.717, 1.165) is 5.56 Å². The van der Waals surface area contributed by atoms with Gasteiger partial charge in [0.2, 0.25) is 5.91 Å². The highest BCUT2D eigenvalue weighted by molar-refractivity contribution is 9.10. The fraction of sp³-hybridized carbons (Fsp3) is 0.235. The van der Waals surface area contributed by atoms with Gasteiger partial charge in [0, 0.05) is 24.5 Å². The van der Waals surface area contributed by atoms with Crippen molar-refractivity contribution in [2.45, 2.75) is 25.3 Å². The summed E-state index contributed by atoms with van der Waals surface area (Å²) >= 11 is 3.28. The Bertz CT molecular complexity index is 837. The summed E-state index contributed by atoms with van der Waals surface area (Å²) in [4.78, 5) is 13.4. The van der Waals surface area contributed by atoms with Crippen molar-refractivity contribution in [3.8, 4) is 0 Å². The van der Waals surface area contributed by atoms with Gasteiger partial charge in [0.25, 0.3) is 10.0 Å². The summed E-state index contributed by atoms with van der Waals surface area (Å²) in [5, 5.41) is 0. The van der Waals surface area contributed by atoms with Crippen molar-refractivity contribution >= 4 is 37.5 Å². The third kappa shape index (κ3) is 4.58. The minimum atomic E-state index is -3.70. The lowest BCUT2D eigenvalue weighted by Gasteiger charge is -2.21. The molecule has 0 bridgehead atoms. The topological polar surface area (TPSA) is 66.5 Å². The van der Waals surface area contributed by atoms with Crippen LogP contribution >= 0.6 is 15.9 Å². The Labute approximate surface area is 150 Å². The molecule has 2 rings (SSSR count). The summed E-state index contributed by atoms with van der Waals surface area (Å²) in [5.41, 5.74) is 1.21. The van der Waals surface area contributed by atoms with Crippen LogP contribution in [0.15, 0.2) is 57.9 Å². The molecule has 0 aliphatic carbocycles. The minimum absolute atomic E-state index is 0.0536. The molecule has 1 N–H and O–H groups in total. The summed E-state index contributed by atoms with van der Waals surface area (Å²) in [6.07, 6.45) is 0. The van der Waals surface area contributed by atoms with E-state index < -0.39 is 10.0 Å². The standard InChI is InChI=1S/C17H19BrN2O3S/c1-3-20(13(2)21)12-14-7-4-5-10-17(14)19-24(22,23)16-9-6-8-15(18)11-16/h4-11,19H,3,12H2,1-2H3. The number of nitrogens with zero attached hydrogens (tertiary/aromatic N) is 1. The zero-order chi connectivity index (χ0) is 17.7. The number of benzene rings is 2. The molecule has 0 aromatic heterocycles. The first-order chi connectivity index (χ1) is 11.3. The molecule has 7 heteroatoms. The van der Waals surface area contributed by atoms with Crippen LogP contribution in [0.1, 0.15) is 19.4 Å². The maximum Gasteiger partial charge on any atom is 0.261 e. The summed E-state index contributed by atoms with van der Waals surface area (Å²) in [5.74, 6) is -0.0536. The number of sulfonamides is 1. The predicted molar refractivity (Wildman–Crippen MR) is 98.2 cm³/mol. The van der Waals surface area contributed by atoms with Gasteiger partial charge >= 0.3 is 0 Å². The number of para-hydroxylation sites is 1. The van der Waals surface area contributed by atoms with Crippen LogP contribution in [0.3, 0.4) is 0 Å². The molecule has 2 aromatic carbocycles. The second-order valence-corrected chi connectivity index (χ2v) is 7.85. The number of anilines is 1. The smallest absolute Gasteiger partial charge is 0.261 e. The van der Waals surface area contributed by atoms with Crippen LogP contribution in [-0.2, 0) is 21.4 Å². The van der Waals surface area contributed by atoms with Gasteiger partial charge in [-0.25, -0.2) is 8.42 Å². The SMILES string of the molecule is CCN(Cc1ccccc1NS(=O)(=O)c1cccc(Br)c1)C(C)=O. The highest BCUT2D eigenvalue weighted by Crippen LogP contribution is 2.23. The average molecular weight is 411 g/mol. The Kier molecular flexibility index (Phi) is 6.01. The van der Waals surface area contributed by atoms with Gasteiger partial charge in [-0.15, -0.1) is 0 Å². The molecular weight excluding hydrogens is 392 g/mol. The maximum absolute atomic E-state index is 12.6. The molecule has 0 atom stereocenters. The molecule has 0 fully saturated rings. The second kappa shape index (κ2) is 7.81. The van der Waals surface area contributed by atoms with E-state index in [-0.39, 0.29) is 10.8 Å². The number of hydrogen-bond acceptors (Lipinski definition) is 3. The van der Waals surface area contributed by atoms with E-state index >= 15 is 0 Å². The predicted octanol–water partition coefficient (Wildman–Crippen LogP) is 3.62. The number of carbonyl (C=O) groups excluding carboxylic acids is 1. The molecule has 5 nitrogen and oxygen atoms in total. The number of nitrogens with one attached hydrogen (secondary N) is 1. The van der Waals surface area contributed by atoms with E-state index in [1.807, 2.05) is 19.1 Å². The van der Waals surface area contributed by atoms with Crippen molar-refractivity contribution in [2.24, 2.45) is 0 Å². The lowest BCUT2D eigenvalue weighted by Crippen LogP contribution is -2.28. The van der Waals surface area contributed by atoms with Crippen molar-refractivity contribution in [3.05, 3.63) is 58.6 Å². The van der Waals surface area contributed by atoms with Crippen LogP contribution in [0.25, 0.3) is 0 Å². The van der Waals surface area contributed by atoms with Crippen molar-refractivity contribution in [1.29, 1.82) is 0 Å². The molecule has 0 spiro atoms. The summed E-state index contributed by atoms with van der Waals surface area (Å²) in [6.45, 7) is 4.29. The number of hydrogen-bond donors (Lipinski definition) is 1. The first kappa shape index (κ1) is 18.5. The van der Waals surface area contributed by atoms with Gasteiger partial charge < -0.3 is 4.90 Å². The van der Waals surface area contributed by atoms with Crippen LogP contribution in [-0.4, -0.2) is 25.8 Å². The second-order valence-electron chi connectivity index (χ2n) is 5.25. The fourth-order valence-corrected chi connectivity index (χ4v) is 3.94. The Balaban J connectivity index is 2.31. The number of amides is 1. The summed E-state index contributed by atoms with van der Waals surface area (Å²) < 4.78 is 28.5. The molecule has 0 radical (unpaired) electrons. The lowest BCUT2D eigenvalue weighted by molar-refractivity contribution is -0.129. The molecule has 0 aliphatic heterocycles. The van der Waals surface area contributed by atoms with Crippen molar-refractivity contribution in [1.82, 2.24) is 4.90 Å². The molecule has 0 heterocycles. The number of halogens is 1. The summed E-state index contributed by atoms with van der Waals surface area (Å²) in [6, 6.07) is 13.6. The van der Waals surface area contributed by atoms with Crippen LogP contribution < -0.4 is 4.72 Å². The van der Waals surface area contributed by atoms with Crippen molar-refractivity contribution in [2.75, 3.05) is 11.3 Å². The normalized spacial score (nSPS) is 11.1. The Morgan fingerprint density at radius 2 is 1.88 bits per heavy atom. The van der Waals surface area contributed by atoms with Crippen LogP contribution in [0.2, 0.25) is 0 Å². The molecule has 128 valence electrons. The van der Waals surface area contributed by atoms with Crippen molar-refractivity contribution < 1.29 is 13.2 Å². The van der Waals surface area contributed by atoms with Gasteiger partial charge in [0.1, 0.15) is 0 Å². The van der Waals surface area contributed by atoms with Crippen molar-refractivity contribution in [3.63, 3.8) is 0 Å². The molecule has 24 heavy (non-hydrogen) atoms. The van der Waals surface area contributed by atoms with E-state index in [9.17, 15) is 13.2 Å². The van der Waals surface area contributed by atoms with Gasteiger partial charge in [-0.2, -0.15) is 0 Å². The molecule has 0 unspecified atom stereocenters. The molecule has 0 aliphatic rings. The van der Waals surface area contributed by atoms with Crippen LogP contribution in [0.4, 0.5) is 5.69 Å². The van der Waals surface area contributed by atoms with Crippen LogP contribution in [0.5, 0.6) is 0 Å². The molecular formula is C17H19BrN2O3S. The highest BCUT2D eigenvalue weighted by atomic mass is 79.9. The fourth-order valence-electron chi connectivity index (χ4n) is 2.25. The minimum Gasteiger partial charge on any atom is -0.339 e. The van der Waals surface area contributed by atoms with E-state index in [1.54, 1.807) is 35.2 Å². The molecule has 0 saturated carbocycles.